The molecular weight excluding hydrogens is 421 g/mol. The summed E-state index contributed by atoms with van der Waals surface area (Å²) in [4.78, 5) is 24.0. The van der Waals surface area contributed by atoms with Gasteiger partial charge in [-0.25, -0.2) is 18.7 Å². The molecule has 3 aromatic rings. The number of halogens is 1. The van der Waals surface area contributed by atoms with Gasteiger partial charge in [0, 0.05) is 18.4 Å². The molecule has 0 bridgehead atoms. The molecule has 0 aromatic carbocycles. The first kappa shape index (κ1) is 20.6. The largest absolute Gasteiger partial charge is 0.462 e. The number of hydrogen-bond donors (Lipinski definition) is 0. The van der Waals surface area contributed by atoms with Crippen molar-refractivity contribution in [2.45, 2.75) is 52.0 Å². The van der Waals surface area contributed by atoms with E-state index in [-0.39, 0.29) is 11.9 Å². The molecule has 0 amide bonds. The number of aromatic nitrogens is 4. The molecule has 2 aliphatic carbocycles. The number of hydrogen-bond acceptors (Lipinski definition) is 6. The summed E-state index contributed by atoms with van der Waals surface area (Å²) in [6.45, 7) is 5.26. The molecule has 3 fully saturated rings. The van der Waals surface area contributed by atoms with Crippen LogP contribution >= 0.6 is 0 Å². The smallest absolute Gasteiger partial charge is 0.343 e. The number of aryl methyl sites for hydroxylation is 1. The highest BCUT2D eigenvalue weighted by atomic mass is 19.1. The second-order valence-corrected chi connectivity index (χ2v) is 10.1. The zero-order chi connectivity index (χ0) is 22.7. The fourth-order valence-electron chi connectivity index (χ4n) is 5.30. The van der Waals surface area contributed by atoms with Gasteiger partial charge in [0.15, 0.2) is 5.65 Å². The Balaban J connectivity index is 1.36. The molecule has 3 aliphatic rings. The maximum absolute atomic E-state index is 14.4. The van der Waals surface area contributed by atoms with Crippen molar-refractivity contribution in [3.63, 3.8) is 0 Å². The fourth-order valence-corrected chi connectivity index (χ4v) is 5.30. The minimum Gasteiger partial charge on any atom is -0.462 e. The molecule has 33 heavy (non-hydrogen) atoms. The third-order valence-corrected chi connectivity index (χ3v) is 7.65. The van der Waals surface area contributed by atoms with Crippen molar-refractivity contribution >= 4 is 17.4 Å². The van der Waals surface area contributed by atoms with Gasteiger partial charge >= 0.3 is 5.97 Å². The number of ether oxygens (including phenoxy) is 1. The Morgan fingerprint density at radius 2 is 2.18 bits per heavy atom. The first-order valence-corrected chi connectivity index (χ1v) is 11.9. The summed E-state index contributed by atoms with van der Waals surface area (Å²) in [7, 11) is 0. The van der Waals surface area contributed by atoms with Crippen molar-refractivity contribution in [1.82, 2.24) is 19.6 Å². The van der Waals surface area contributed by atoms with Crippen molar-refractivity contribution in [2.75, 3.05) is 18.1 Å². The van der Waals surface area contributed by atoms with Crippen LogP contribution in [0, 0.1) is 23.1 Å². The third kappa shape index (κ3) is 3.65. The van der Waals surface area contributed by atoms with E-state index in [4.69, 9.17) is 9.72 Å². The van der Waals surface area contributed by atoms with E-state index in [0.717, 1.165) is 42.9 Å². The van der Waals surface area contributed by atoms with Crippen molar-refractivity contribution in [2.24, 2.45) is 17.3 Å². The van der Waals surface area contributed by atoms with E-state index in [1.54, 1.807) is 17.5 Å². The highest BCUT2D eigenvalue weighted by Crippen LogP contribution is 2.58. The predicted octanol–water partition coefficient (Wildman–Crippen LogP) is 4.37. The Morgan fingerprint density at radius 3 is 2.97 bits per heavy atom. The predicted molar refractivity (Wildman–Crippen MR) is 120 cm³/mol. The maximum atomic E-state index is 14.4. The molecule has 3 atom stereocenters. The van der Waals surface area contributed by atoms with E-state index in [0.29, 0.717) is 35.1 Å². The van der Waals surface area contributed by atoms with E-state index in [2.05, 4.69) is 21.9 Å². The molecule has 7 nitrogen and oxygen atoms in total. The maximum Gasteiger partial charge on any atom is 0.343 e. The monoisotopic (exact) mass is 449 g/mol. The lowest BCUT2D eigenvalue weighted by Crippen LogP contribution is -2.28. The van der Waals surface area contributed by atoms with Crippen LogP contribution in [0.5, 0.6) is 0 Å². The second kappa shape index (κ2) is 7.50. The average Bonchev–Trinajstić information content (AvgIpc) is 3.65. The van der Waals surface area contributed by atoms with Crippen LogP contribution in [0.3, 0.4) is 0 Å². The van der Waals surface area contributed by atoms with Crippen molar-refractivity contribution in [3.05, 3.63) is 53.4 Å². The topological polar surface area (TPSA) is 72.6 Å². The van der Waals surface area contributed by atoms with Crippen LogP contribution in [0.25, 0.3) is 5.65 Å². The van der Waals surface area contributed by atoms with Gasteiger partial charge in [-0.2, -0.15) is 5.10 Å². The van der Waals surface area contributed by atoms with Gasteiger partial charge in [-0.1, -0.05) is 6.92 Å². The van der Waals surface area contributed by atoms with Crippen LogP contribution in [0.4, 0.5) is 10.2 Å². The van der Waals surface area contributed by atoms with Crippen LogP contribution in [0.15, 0.2) is 30.7 Å². The first-order chi connectivity index (χ1) is 16.0. The van der Waals surface area contributed by atoms with Gasteiger partial charge in [0.05, 0.1) is 25.0 Å². The number of fused-ring (bicyclic) bond motifs is 2. The second-order valence-electron chi connectivity index (χ2n) is 10.1. The number of carbonyl (C=O) groups excluding carboxylic acids is 1. The molecule has 3 aromatic heterocycles. The molecule has 0 radical (unpaired) electrons. The normalized spacial score (nSPS) is 24.7. The summed E-state index contributed by atoms with van der Waals surface area (Å²) in [5.41, 5.74) is 3.24. The van der Waals surface area contributed by atoms with Crippen LogP contribution < -0.4 is 4.90 Å². The summed E-state index contributed by atoms with van der Waals surface area (Å²) in [5.74, 6) is 1.12. The number of esters is 1. The number of pyridine rings is 1. The van der Waals surface area contributed by atoms with E-state index in [1.165, 1.54) is 25.2 Å². The summed E-state index contributed by atoms with van der Waals surface area (Å²) in [6, 6.07) is 3.64. The number of anilines is 1. The van der Waals surface area contributed by atoms with E-state index >= 15 is 0 Å². The van der Waals surface area contributed by atoms with Gasteiger partial charge in [-0.3, -0.25) is 4.98 Å². The summed E-state index contributed by atoms with van der Waals surface area (Å²) >= 11 is 0. The molecule has 4 heterocycles. The number of nitrogens with zero attached hydrogens (tertiary/aromatic N) is 5. The Labute approximate surface area is 192 Å². The van der Waals surface area contributed by atoms with Crippen molar-refractivity contribution in [1.29, 1.82) is 0 Å². The minimum atomic E-state index is -0.428. The molecule has 0 N–H and O–H groups in total. The quantitative estimate of drug-likeness (QED) is 0.499. The van der Waals surface area contributed by atoms with Gasteiger partial charge in [0.25, 0.3) is 0 Å². The standard InChI is InChI=1S/C25H28FN5O2/c1-3-33-24(32)19-13-28-31-9-5-21(29-23(19)31)30-14-15-10-17(15)22(30)18-11-16(26)12-27-20(18)4-6-25(2)7-8-25/h5,9,11-13,15,17,22H,3-4,6-8,10,14H2,1-2H3/t15-,17-,22-/m1/s1. The SMILES string of the molecule is CCOC(=O)c1cnn2ccc(N3C[C@H]4C[C@H]4[C@@H]3c3cc(F)cnc3CCC3(C)CC3)nc12. The first-order valence-electron chi connectivity index (χ1n) is 11.9. The average molecular weight is 450 g/mol. The number of rotatable bonds is 7. The van der Waals surface area contributed by atoms with Gasteiger partial charge in [0.2, 0.25) is 0 Å². The number of piperidine rings is 1. The van der Waals surface area contributed by atoms with Gasteiger partial charge < -0.3 is 9.64 Å². The fraction of sp³-hybridized carbons (Fsp3) is 0.520. The lowest BCUT2D eigenvalue weighted by atomic mass is 9.94. The van der Waals surface area contributed by atoms with Crippen LogP contribution in [-0.2, 0) is 11.2 Å². The molecule has 1 aliphatic heterocycles. The Bertz CT molecular complexity index is 1240. The summed E-state index contributed by atoms with van der Waals surface area (Å²) in [6.07, 6.45) is 10.3. The summed E-state index contributed by atoms with van der Waals surface area (Å²) in [5, 5.41) is 4.24. The molecule has 172 valence electrons. The minimum absolute atomic E-state index is 0.0455. The molecule has 1 saturated heterocycles. The highest BCUT2D eigenvalue weighted by Gasteiger charge is 2.54. The Morgan fingerprint density at radius 1 is 1.33 bits per heavy atom. The van der Waals surface area contributed by atoms with Crippen molar-refractivity contribution < 1.29 is 13.9 Å². The Hall–Kier alpha value is -3.03. The zero-order valence-corrected chi connectivity index (χ0v) is 19.0. The number of carbonyl (C=O) groups is 1. The summed E-state index contributed by atoms with van der Waals surface area (Å²) < 4.78 is 21.1. The molecule has 2 saturated carbocycles. The highest BCUT2D eigenvalue weighted by molar-refractivity contribution is 5.95. The van der Waals surface area contributed by atoms with Crippen LogP contribution in [0.1, 0.15) is 67.2 Å². The van der Waals surface area contributed by atoms with Gasteiger partial charge in [-0.15, -0.1) is 0 Å². The molecule has 0 unspecified atom stereocenters. The van der Waals surface area contributed by atoms with Crippen LogP contribution in [-0.4, -0.2) is 38.7 Å². The molecule has 0 spiro atoms. The van der Waals surface area contributed by atoms with E-state index < -0.39 is 5.97 Å². The van der Waals surface area contributed by atoms with Crippen molar-refractivity contribution in [3.8, 4) is 0 Å². The van der Waals surface area contributed by atoms with Gasteiger partial charge in [-0.05, 0) is 74.0 Å². The zero-order valence-electron chi connectivity index (χ0n) is 19.0. The van der Waals surface area contributed by atoms with Crippen LogP contribution in [0.2, 0.25) is 0 Å². The molecular formula is C25H28FN5O2. The lowest BCUT2D eigenvalue weighted by molar-refractivity contribution is 0.0528. The Kier molecular flexibility index (Phi) is 4.67. The molecule has 6 rings (SSSR count). The van der Waals surface area contributed by atoms with E-state index in [9.17, 15) is 9.18 Å². The lowest BCUT2D eigenvalue weighted by Gasteiger charge is -2.30. The van der Waals surface area contributed by atoms with Gasteiger partial charge in [0.1, 0.15) is 17.2 Å². The third-order valence-electron chi connectivity index (χ3n) is 7.65. The van der Waals surface area contributed by atoms with E-state index in [1.807, 2.05) is 12.3 Å². The molecule has 8 heteroatoms.